The third-order valence-corrected chi connectivity index (χ3v) is 1.77. The first kappa shape index (κ1) is 9.66. The van der Waals surface area contributed by atoms with Gasteiger partial charge in [0.2, 0.25) is 0 Å². The van der Waals surface area contributed by atoms with Crippen molar-refractivity contribution in [3.63, 3.8) is 0 Å². The molecule has 0 atom stereocenters. The summed E-state index contributed by atoms with van der Waals surface area (Å²) in [4.78, 5) is 21.0. The van der Waals surface area contributed by atoms with Crippen molar-refractivity contribution in [2.24, 2.45) is 0 Å². The molecule has 0 radical (unpaired) electrons. The normalized spacial score (nSPS) is 9.31. The first-order valence-corrected chi connectivity index (χ1v) is 4.10. The largest absolute Gasteiger partial charge is 0.310 e. The zero-order valence-corrected chi connectivity index (χ0v) is 7.95. The SMILES string of the molecule is O=C(N[N+](=O)[O-])c1cccc(Br)c1. The van der Waals surface area contributed by atoms with Gasteiger partial charge >= 0.3 is 5.91 Å². The van der Waals surface area contributed by atoms with E-state index in [0.717, 1.165) is 0 Å². The van der Waals surface area contributed by atoms with Crippen molar-refractivity contribution in [3.8, 4) is 0 Å². The summed E-state index contributed by atoms with van der Waals surface area (Å²) in [6, 6.07) is 6.34. The quantitative estimate of drug-likeness (QED) is 0.631. The number of carbonyl (C=O) groups is 1. The van der Waals surface area contributed by atoms with Crippen molar-refractivity contribution in [1.82, 2.24) is 5.43 Å². The molecule has 0 aliphatic carbocycles. The summed E-state index contributed by atoms with van der Waals surface area (Å²) >= 11 is 3.15. The molecule has 0 bridgehead atoms. The Morgan fingerprint density at radius 1 is 1.54 bits per heavy atom. The van der Waals surface area contributed by atoms with Crippen molar-refractivity contribution in [2.75, 3.05) is 0 Å². The van der Waals surface area contributed by atoms with E-state index in [4.69, 9.17) is 0 Å². The minimum Gasteiger partial charge on any atom is -0.263 e. The van der Waals surface area contributed by atoms with Gasteiger partial charge in [-0.3, -0.25) is 4.79 Å². The van der Waals surface area contributed by atoms with Crippen LogP contribution in [0.2, 0.25) is 0 Å². The fourth-order valence-corrected chi connectivity index (χ4v) is 1.18. The maximum Gasteiger partial charge on any atom is 0.310 e. The minimum absolute atomic E-state index is 0.242. The van der Waals surface area contributed by atoms with Gasteiger partial charge in [0.15, 0.2) is 5.03 Å². The molecule has 0 heterocycles. The van der Waals surface area contributed by atoms with Crippen molar-refractivity contribution >= 4 is 21.8 Å². The lowest BCUT2D eigenvalue weighted by molar-refractivity contribution is -0.527. The third-order valence-electron chi connectivity index (χ3n) is 1.28. The van der Waals surface area contributed by atoms with Gasteiger partial charge in [0.25, 0.3) is 0 Å². The Bertz CT molecular complexity index is 353. The summed E-state index contributed by atoms with van der Waals surface area (Å²) in [6.45, 7) is 0. The minimum atomic E-state index is -0.886. The molecular weight excluding hydrogens is 240 g/mol. The molecule has 0 saturated heterocycles. The number of rotatable bonds is 2. The molecule has 68 valence electrons. The average Bonchev–Trinajstić information content (AvgIpc) is 2.03. The Hall–Kier alpha value is -1.43. The second-order valence-electron chi connectivity index (χ2n) is 2.21. The van der Waals surface area contributed by atoms with Gasteiger partial charge in [-0.05, 0) is 18.2 Å². The summed E-state index contributed by atoms with van der Waals surface area (Å²) in [6.07, 6.45) is 0. The van der Waals surface area contributed by atoms with E-state index in [1.54, 1.807) is 17.6 Å². The summed E-state index contributed by atoms with van der Waals surface area (Å²) in [5.41, 5.74) is 1.79. The lowest BCUT2D eigenvalue weighted by Gasteiger charge is -1.97. The molecule has 1 aromatic rings. The molecule has 1 N–H and O–H groups in total. The van der Waals surface area contributed by atoms with Gasteiger partial charge in [-0.25, -0.2) is 10.1 Å². The number of amides is 1. The molecule has 0 fully saturated rings. The number of hydrazine groups is 1. The summed E-state index contributed by atoms with van der Waals surface area (Å²) in [5.74, 6) is -0.730. The van der Waals surface area contributed by atoms with Crippen LogP contribution in [0.3, 0.4) is 0 Å². The maximum atomic E-state index is 11.0. The number of carbonyl (C=O) groups excluding carboxylic acids is 1. The molecule has 0 aromatic heterocycles. The van der Waals surface area contributed by atoms with Gasteiger partial charge in [-0.2, -0.15) is 0 Å². The molecule has 1 aromatic carbocycles. The van der Waals surface area contributed by atoms with Crippen LogP contribution in [0.5, 0.6) is 0 Å². The van der Waals surface area contributed by atoms with Gasteiger partial charge in [0.05, 0.1) is 0 Å². The van der Waals surface area contributed by atoms with Crippen LogP contribution in [0.4, 0.5) is 0 Å². The molecular formula is C7H5BrN2O3. The highest BCUT2D eigenvalue weighted by molar-refractivity contribution is 9.10. The summed E-state index contributed by atoms with van der Waals surface area (Å²) in [5, 5.41) is 9.04. The second kappa shape index (κ2) is 3.99. The first-order chi connectivity index (χ1) is 6.09. The molecule has 6 heteroatoms. The predicted octanol–water partition coefficient (Wildman–Crippen LogP) is 1.37. The van der Waals surface area contributed by atoms with Crippen LogP contribution >= 0.6 is 15.9 Å². The van der Waals surface area contributed by atoms with E-state index in [0.29, 0.717) is 4.47 Å². The van der Waals surface area contributed by atoms with Crippen molar-refractivity contribution in [1.29, 1.82) is 0 Å². The van der Waals surface area contributed by atoms with Crippen LogP contribution in [-0.2, 0) is 0 Å². The lowest BCUT2D eigenvalue weighted by atomic mass is 10.2. The number of hydrogen-bond donors (Lipinski definition) is 1. The van der Waals surface area contributed by atoms with Gasteiger partial charge < -0.3 is 0 Å². The standard InChI is InChI=1S/C7H5BrN2O3/c8-6-3-1-2-5(4-6)7(11)9-10(12)13/h1-4H,(H,9,11). The molecule has 0 spiro atoms. The predicted molar refractivity (Wildman–Crippen MR) is 48.6 cm³/mol. The molecule has 5 nitrogen and oxygen atoms in total. The van der Waals surface area contributed by atoms with Crippen molar-refractivity contribution < 1.29 is 9.83 Å². The molecule has 0 saturated carbocycles. The Morgan fingerprint density at radius 2 is 2.23 bits per heavy atom. The van der Waals surface area contributed by atoms with E-state index < -0.39 is 10.9 Å². The zero-order valence-electron chi connectivity index (χ0n) is 6.36. The van der Waals surface area contributed by atoms with E-state index >= 15 is 0 Å². The monoisotopic (exact) mass is 244 g/mol. The van der Waals surface area contributed by atoms with E-state index in [1.165, 1.54) is 12.1 Å². The molecule has 0 aliphatic heterocycles. The van der Waals surface area contributed by atoms with Crippen LogP contribution in [0.1, 0.15) is 10.4 Å². The third kappa shape index (κ3) is 2.83. The van der Waals surface area contributed by atoms with Crippen LogP contribution in [0.25, 0.3) is 0 Å². The van der Waals surface area contributed by atoms with Gasteiger partial charge in [0.1, 0.15) is 0 Å². The topological polar surface area (TPSA) is 72.2 Å². The number of nitrogens with zero attached hydrogens (tertiary/aromatic N) is 1. The van der Waals surface area contributed by atoms with Gasteiger partial charge in [-0.15, -0.1) is 0 Å². The van der Waals surface area contributed by atoms with Crippen LogP contribution in [0, 0.1) is 10.1 Å². The van der Waals surface area contributed by atoms with Crippen molar-refractivity contribution in [2.45, 2.75) is 0 Å². The number of benzene rings is 1. The number of nitrogens with one attached hydrogen (secondary N) is 1. The van der Waals surface area contributed by atoms with Crippen molar-refractivity contribution in [3.05, 3.63) is 44.4 Å². The van der Waals surface area contributed by atoms with Crippen LogP contribution < -0.4 is 5.43 Å². The Labute approximate surface area is 82.0 Å². The molecule has 0 unspecified atom stereocenters. The summed E-state index contributed by atoms with van der Waals surface area (Å²) in [7, 11) is 0. The summed E-state index contributed by atoms with van der Waals surface area (Å²) < 4.78 is 0.698. The molecule has 1 rings (SSSR count). The maximum absolute atomic E-state index is 11.0. The van der Waals surface area contributed by atoms with E-state index in [2.05, 4.69) is 15.9 Å². The molecule has 1 amide bonds. The highest BCUT2D eigenvalue weighted by atomic mass is 79.9. The highest BCUT2D eigenvalue weighted by Crippen LogP contribution is 2.11. The zero-order chi connectivity index (χ0) is 9.84. The van der Waals surface area contributed by atoms with Crippen LogP contribution in [0.15, 0.2) is 28.7 Å². The van der Waals surface area contributed by atoms with Crippen LogP contribution in [-0.4, -0.2) is 10.9 Å². The Balaban J connectivity index is 2.83. The molecule has 0 aliphatic rings. The van der Waals surface area contributed by atoms with E-state index in [1.807, 2.05) is 0 Å². The first-order valence-electron chi connectivity index (χ1n) is 3.30. The fraction of sp³-hybridized carbons (Fsp3) is 0. The highest BCUT2D eigenvalue weighted by Gasteiger charge is 2.09. The lowest BCUT2D eigenvalue weighted by Crippen LogP contribution is -2.29. The number of halogens is 1. The second-order valence-corrected chi connectivity index (χ2v) is 3.12. The average molecular weight is 245 g/mol. The van der Waals surface area contributed by atoms with Gasteiger partial charge in [-0.1, -0.05) is 27.4 Å². The molecule has 13 heavy (non-hydrogen) atoms. The van der Waals surface area contributed by atoms with E-state index in [-0.39, 0.29) is 5.56 Å². The van der Waals surface area contributed by atoms with E-state index in [9.17, 15) is 14.9 Å². The number of hydrogen-bond acceptors (Lipinski definition) is 3. The van der Waals surface area contributed by atoms with Gasteiger partial charge in [0, 0.05) is 10.0 Å². The Kier molecular flexibility index (Phi) is 2.97. The smallest absolute Gasteiger partial charge is 0.263 e. The fourth-order valence-electron chi connectivity index (χ4n) is 0.777. The Morgan fingerprint density at radius 3 is 2.77 bits per heavy atom. The number of nitro groups is 1.